The Kier molecular flexibility index (Phi) is 6.89. The number of hydrogen-bond acceptors (Lipinski definition) is 4. The van der Waals surface area contributed by atoms with E-state index in [0.29, 0.717) is 11.6 Å². The number of hydrogen-bond donors (Lipinski definition) is 1. The molecule has 0 bridgehead atoms. The molecule has 1 heterocycles. The summed E-state index contributed by atoms with van der Waals surface area (Å²) in [6.07, 6.45) is 3.93. The molecule has 0 spiro atoms. The maximum atomic E-state index is 11.5. The number of rotatable bonds is 9. The second-order valence-electron chi connectivity index (χ2n) is 4.53. The van der Waals surface area contributed by atoms with Gasteiger partial charge in [-0.1, -0.05) is 13.8 Å². The zero-order chi connectivity index (χ0) is 14.3. The maximum absolute atomic E-state index is 11.5. The summed E-state index contributed by atoms with van der Waals surface area (Å²) in [4.78, 5) is 0. The Labute approximate surface area is 120 Å². The molecule has 0 saturated carbocycles. The summed E-state index contributed by atoms with van der Waals surface area (Å²) >= 11 is 5.98. The summed E-state index contributed by atoms with van der Waals surface area (Å²) < 4.78 is 28.1. The van der Waals surface area contributed by atoms with E-state index in [1.807, 2.05) is 6.07 Å². The van der Waals surface area contributed by atoms with Crippen LogP contribution in [0.15, 0.2) is 16.7 Å². The van der Waals surface area contributed by atoms with Gasteiger partial charge in [0, 0.05) is 17.4 Å². The standard InChI is InChI=1S/C13H22ClNO3S/c1-3-8-15-12(11-7-9-18-13(11)14)6-5-10-19(16,17)4-2/h7,9,12,15H,3-6,8,10H2,1-2H3. The van der Waals surface area contributed by atoms with E-state index in [-0.39, 0.29) is 17.5 Å². The summed E-state index contributed by atoms with van der Waals surface area (Å²) in [7, 11) is -2.90. The van der Waals surface area contributed by atoms with E-state index in [0.717, 1.165) is 24.9 Å². The van der Waals surface area contributed by atoms with Crippen LogP contribution in [0, 0.1) is 0 Å². The van der Waals surface area contributed by atoms with Gasteiger partial charge in [0.2, 0.25) is 0 Å². The molecule has 6 heteroatoms. The predicted molar refractivity (Wildman–Crippen MR) is 78.3 cm³/mol. The summed E-state index contributed by atoms with van der Waals surface area (Å²) in [6, 6.07) is 1.89. The Morgan fingerprint density at radius 3 is 2.68 bits per heavy atom. The Morgan fingerprint density at radius 1 is 1.42 bits per heavy atom. The molecule has 0 aromatic carbocycles. The molecule has 1 unspecified atom stereocenters. The van der Waals surface area contributed by atoms with Crippen LogP contribution >= 0.6 is 11.6 Å². The number of halogens is 1. The van der Waals surface area contributed by atoms with E-state index in [2.05, 4.69) is 12.2 Å². The minimum Gasteiger partial charge on any atom is -0.453 e. The summed E-state index contributed by atoms with van der Waals surface area (Å²) in [5.74, 6) is 0.426. The topological polar surface area (TPSA) is 59.3 Å². The molecule has 0 radical (unpaired) electrons. The first-order chi connectivity index (χ1) is 9.00. The molecule has 0 saturated heterocycles. The Bertz CT molecular complexity index is 470. The lowest BCUT2D eigenvalue weighted by Gasteiger charge is -2.17. The van der Waals surface area contributed by atoms with Crippen molar-refractivity contribution in [2.45, 2.75) is 39.2 Å². The van der Waals surface area contributed by atoms with E-state index < -0.39 is 9.84 Å². The van der Waals surface area contributed by atoms with Crippen LogP contribution in [0.4, 0.5) is 0 Å². The van der Waals surface area contributed by atoms with Crippen molar-refractivity contribution in [1.29, 1.82) is 0 Å². The SMILES string of the molecule is CCCNC(CCCS(=O)(=O)CC)c1ccoc1Cl. The zero-order valence-corrected chi connectivity index (χ0v) is 13.1. The first-order valence-electron chi connectivity index (χ1n) is 6.66. The van der Waals surface area contributed by atoms with E-state index in [1.54, 1.807) is 13.2 Å². The van der Waals surface area contributed by atoms with E-state index in [4.69, 9.17) is 16.0 Å². The van der Waals surface area contributed by atoms with Gasteiger partial charge in [-0.3, -0.25) is 0 Å². The first kappa shape index (κ1) is 16.5. The highest BCUT2D eigenvalue weighted by Crippen LogP contribution is 2.27. The lowest BCUT2D eigenvalue weighted by Crippen LogP contribution is -2.23. The van der Waals surface area contributed by atoms with Crippen molar-refractivity contribution in [2.75, 3.05) is 18.1 Å². The Morgan fingerprint density at radius 2 is 2.16 bits per heavy atom. The number of nitrogens with one attached hydrogen (secondary N) is 1. The minimum atomic E-state index is -2.90. The maximum Gasteiger partial charge on any atom is 0.197 e. The van der Waals surface area contributed by atoms with Crippen LogP contribution in [-0.4, -0.2) is 26.5 Å². The Hall–Kier alpha value is -0.520. The van der Waals surface area contributed by atoms with Gasteiger partial charge in [0.05, 0.1) is 12.0 Å². The molecule has 0 aliphatic heterocycles. The van der Waals surface area contributed by atoms with Crippen LogP contribution < -0.4 is 5.32 Å². The third kappa shape index (κ3) is 5.55. The van der Waals surface area contributed by atoms with E-state index in [1.165, 1.54) is 0 Å². The molecule has 0 amide bonds. The largest absolute Gasteiger partial charge is 0.453 e. The predicted octanol–water partition coefficient (Wildman–Crippen LogP) is 3.19. The van der Waals surface area contributed by atoms with Crippen LogP contribution in [0.2, 0.25) is 5.22 Å². The molecule has 1 atom stereocenters. The fraction of sp³-hybridized carbons (Fsp3) is 0.692. The zero-order valence-electron chi connectivity index (χ0n) is 11.5. The molecule has 1 N–H and O–H groups in total. The van der Waals surface area contributed by atoms with Crippen molar-refractivity contribution < 1.29 is 12.8 Å². The van der Waals surface area contributed by atoms with Gasteiger partial charge in [0.1, 0.15) is 9.84 Å². The quantitative estimate of drug-likeness (QED) is 0.761. The minimum absolute atomic E-state index is 0.0539. The van der Waals surface area contributed by atoms with Gasteiger partial charge in [-0.05, 0) is 43.5 Å². The number of furan rings is 1. The molecular formula is C13H22ClNO3S. The highest BCUT2D eigenvalue weighted by Gasteiger charge is 2.17. The smallest absolute Gasteiger partial charge is 0.197 e. The molecule has 0 aliphatic carbocycles. The molecule has 1 aromatic rings. The number of sulfone groups is 1. The van der Waals surface area contributed by atoms with Crippen molar-refractivity contribution in [3.05, 3.63) is 23.1 Å². The van der Waals surface area contributed by atoms with Crippen LogP contribution in [0.1, 0.15) is 44.7 Å². The molecular weight excluding hydrogens is 286 g/mol. The monoisotopic (exact) mass is 307 g/mol. The van der Waals surface area contributed by atoms with Gasteiger partial charge in [-0.2, -0.15) is 0 Å². The van der Waals surface area contributed by atoms with Gasteiger partial charge in [-0.15, -0.1) is 0 Å². The molecule has 110 valence electrons. The van der Waals surface area contributed by atoms with Gasteiger partial charge < -0.3 is 9.73 Å². The van der Waals surface area contributed by atoms with Crippen molar-refractivity contribution in [2.24, 2.45) is 0 Å². The fourth-order valence-corrected chi connectivity index (χ4v) is 3.03. The molecule has 19 heavy (non-hydrogen) atoms. The van der Waals surface area contributed by atoms with Crippen molar-refractivity contribution >= 4 is 21.4 Å². The second-order valence-corrected chi connectivity index (χ2v) is 7.35. The first-order valence-corrected chi connectivity index (χ1v) is 8.86. The molecule has 0 fully saturated rings. The normalized spacial score (nSPS) is 13.6. The van der Waals surface area contributed by atoms with Crippen LogP contribution in [0.5, 0.6) is 0 Å². The molecule has 0 aliphatic rings. The third-order valence-corrected chi connectivity index (χ3v) is 5.15. The van der Waals surface area contributed by atoms with Crippen molar-refractivity contribution in [3.63, 3.8) is 0 Å². The summed E-state index contributed by atoms with van der Waals surface area (Å²) in [5.41, 5.74) is 0.906. The van der Waals surface area contributed by atoms with Crippen LogP contribution in [-0.2, 0) is 9.84 Å². The summed E-state index contributed by atoms with van der Waals surface area (Å²) in [6.45, 7) is 4.63. The second kappa shape index (κ2) is 7.92. The van der Waals surface area contributed by atoms with Crippen molar-refractivity contribution in [1.82, 2.24) is 5.32 Å². The summed E-state index contributed by atoms with van der Waals surface area (Å²) in [5, 5.41) is 3.76. The average molecular weight is 308 g/mol. The fourth-order valence-electron chi connectivity index (χ4n) is 1.89. The van der Waals surface area contributed by atoms with Crippen molar-refractivity contribution in [3.8, 4) is 0 Å². The Balaban J connectivity index is 2.59. The van der Waals surface area contributed by atoms with Crippen LogP contribution in [0.3, 0.4) is 0 Å². The van der Waals surface area contributed by atoms with E-state index >= 15 is 0 Å². The lowest BCUT2D eigenvalue weighted by molar-refractivity contribution is 0.483. The molecule has 4 nitrogen and oxygen atoms in total. The highest BCUT2D eigenvalue weighted by molar-refractivity contribution is 7.91. The lowest BCUT2D eigenvalue weighted by atomic mass is 10.1. The van der Waals surface area contributed by atoms with Gasteiger partial charge in [-0.25, -0.2) is 8.42 Å². The highest BCUT2D eigenvalue weighted by atomic mass is 35.5. The molecule has 1 aromatic heterocycles. The third-order valence-electron chi connectivity index (χ3n) is 3.05. The molecule has 1 rings (SSSR count). The van der Waals surface area contributed by atoms with Gasteiger partial charge in [0.15, 0.2) is 5.22 Å². The average Bonchev–Trinajstić information content (AvgIpc) is 2.80. The van der Waals surface area contributed by atoms with Crippen LogP contribution in [0.25, 0.3) is 0 Å². The van der Waals surface area contributed by atoms with E-state index in [9.17, 15) is 8.42 Å². The van der Waals surface area contributed by atoms with Gasteiger partial charge in [0.25, 0.3) is 0 Å². The van der Waals surface area contributed by atoms with Gasteiger partial charge >= 0.3 is 0 Å².